The standard InChI is InChI=1S/C20H27N5O2/c1-2-3-9-25-10-6-16-18(23-14-22-16)20(25)7-11-24(12-8-20)17-5-4-15(13-21-17)19(26)27/h4-5,13-14H,2-3,6-12H2,1H3,(H,22,23)(H,26,27). The van der Waals surface area contributed by atoms with Gasteiger partial charge >= 0.3 is 5.97 Å². The van der Waals surface area contributed by atoms with Gasteiger partial charge in [0.1, 0.15) is 5.82 Å². The van der Waals surface area contributed by atoms with Gasteiger partial charge in [-0.3, -0.25) is 4.90 Å². The van der Waals surface area contributed by atoms with E-state index in [9.17, 15) is 4.79 Å². The molecule has 2 N–H and O–H groups in total. The van der Waals surface area contributed by atoms with Crippen molar-refractivity contribution in [3.63, 3.8) is 0 Å². The summed E-state index contributed by atoms with van der Waals surface area (Å²) in [5.41, 5.74) is 2.77. The lowest BCUT2D eigenvalue weighted by atomic mass is 9.78. The molecule has 7 nitrogen and oxygen atoms in total. The first kappa shape index (κ1) is 18.0. The zero-order chi connectivity index (χ0) is 18.9. The molecule has 0 saturated carbocycles. The monoisotopic (exact) mass is 369 g/mol. The molecule has 0 atom stereocenters. The van der Waals surface area contributed by atoms with E-state index in [0.717, 1.165) is 51.3 Å². The molecule has 2 aromatic heterocycles. The quantitative estimate of drug-likeness (QED) is 0.843. The van der Waals surface area contributed by atoms with Gasteiger partial charge in [0.2, 0.25) is 0 Å². The number of pyridine rings is 1. The number of anilines is 1. The topological polar surface area (TPSA) is 85.4 Å². The van der Waals surface area contributed by atoms with Crippen molar-refractivity contribution in [1.82, 2.24) is 19.9 Å². The Kier molecular flexibility index (Phi) is 4.86. The fourth-order valence-electron chi connectivity index (χ4n) is 4.56. The summed E-state index contributed by atoms with van der Waals surface area (Å²) in [6.45, 7) is 6.24. The molecule has 1 spiro atoms. The molecule has 7 heteroatoms. The van der Waals surface area contributed by atoms with Crippen LogP contribution in [0, 0.1) is 0 Å². The van der Waals surface area contributed by atoms with Crippen LogP contribution in [0.3, 0.4) is 0 Å². The number of carbonyl (C=O) groups is 1. The van der Waals surface area contributed by atoms with Gasteiger partial charge in [0.25, 0.3) is 0 Å². The van der Waals surface area contributed by atoms with Gasteiger partial charge in [0, 0.05) is 37.9 Å². The molecule has 27 heavy (non-hydrogen) atoms. The first-order valence-corrected chi connectivity index (χ1v) is 9.86. The Morgan fingerprint density at radius 1 is 1.26 bits per heavy atom. The van der Waals surface area contributed by atoms with Gasteiger partial charge < -0.3 is 15.0 Å². The average Bonchev–Trinajstić information content (AvgIpc) is 3.18. The summed E-state index contributed by atoms with van der Waals surface area (Å²) in [7, 11) is 0. The molecule has 0 unspecified atom stereocenters. The summed E-state index contributed by atoms with van der Waals surface area (Å²) >= 11 is 0. The van der Waals surface area contributed by atoms with Crippen molar-refractivity contribution >= 4 is 11.8 Å². The summed E-state index contributed by atoms with van der Waals surface area (Å²) in [4.78, 5) is 28.4. The second kappa shape index (κ2) is 7.31. The van der Waals surface area contributed by atoms with Crippen molar-refractivity contribution in [2.24, 2.45) is 0 Å². The number of carboxylic acid groups (broad SMARTS) is 1. The molecule has 0 bridgehead atoms. The first-order valence-electron chi connectivity index (χ1n) is 9.86. The zero-order valence-corrected chi connectivity index (χ0v) is 15.8. The van der Waals surface area contributed by atoms with Crippen molar-refractivity contribution in [3.05, 3.63) is 41.6 Å². The van der Waals surface area contributed by atoms with Gasteiger partial charge in [-0.1, -0.05) is 13.3 Å². The summed E-state index contributed by atoms with van der Waals surface area (Å²) < 4.78 is 0. The van der Waals surface area contributed by atoms with Crippen molar-refractivity contribution in [2.75, 3.05) is 31.1 Å². The van der Waals surface area contributed by atoms with Crippen molar-refractivity contribution < 1.29 is 9.90 Å². The van der Waals surface area contributed by atoms with E-state index in [1.807, 2.05) is 12.4 Å². The number of carboxylic acids is 1. The fraction of sp³-hybridized carbons (Fsp3) is 0.550. The Hall–Kier alpha value is -2.41. The van der Waals surface area contributed by atoms with Gasteiger partial charge in [0.05, 0.1) is 23.1 Å². The average molecular weight is 369 g/mol. The minimum Gasteiger partial charge on any atom is -0.478 e. The summed E-state index contributed by atoms with van der Waals surface area (Å²) in [6.07, 6.45) is 8.77. The third-order valence-corrected chi connectivity index (χ3v) is 6.09. The number of aromatic nitrogens is 3. The van der Waals surface area contributed by atoms with Crippen LogP contribution in [0.5, 0.6) is 0 Å². The third kappa shape index (κ3) is 3.20. The molecule has 0 amide bonds. The number of imidazole rings is 1. The molecule has 0 aromatic carbocycles. The molecule has 1 saturated heterocycles. The second-order valence-corrected chi connectivity index (χ2v) is 7.55. The van der Waals surface area contributed by atoms with Crippen molar-refractivity contribution in [2.45, 2.75) is 44.6 Å². The highest BCUT2D eigenvalue weighted by molar-refractivity contribution is 5.87. The Bertz CT molecular complexity index is 793. The van der Waals surface area contributed by atoms with Crippen LogP contribution in [0.2, 0.25) is 0 Å². The van der Waals surface area contributed by atoms with E-state index in [1.54, 1.807) is 6.07 Å². The SMILES string of the molecule is CCCCN1CCc2[nH]cnc2C12CCN(c1ccc(C(=O)O)cn1)CC2. The summed E-state index contributed by atoms with van der Waals surface area (Å²) in [5.74, 6) is -0.0838. The smallest absolute Gasteiger partial charge is 0.337 e. The molecule has 144 valence electrons. The first-order chi connectivity index (χ1) is 13.1. The lowest BCUT2D eigenvalue weighted by Gasteiger charge is -2.51. The number of nitrogens with zero attached hydrogens (tertiary/aromatic N) is 4. The minimum atomic E-state index is -0.938. The number of nitrogens with one attached hydrogen (secondary N) is 1. The predicted molar refractivity (Wildman–Crippen MR) is 103 cm³/mol. The van der Waals surface area contributed by atoms with Crippen LogP contribution >= 0.6 is 0 Å². The Labute approximate surface area is 159 Å². The second-order valence-electron chi connectivity index (χ2n) is 7.55. The van der Waals surface area contributed by atoms with E-state index >= 15 is 0 Å². The molecule has 1 fully saturated rings. The van der Waals surface area contributed by atoms with E-state index < -0.39 is 5.97 Å². The maximum absolute atomic E-state index is 11.0. The van der Waals surface area contributed by atoms with Gasteiger partial charge in [-0.05, 0) is 37.9 Å². The van der Waals surface area contributed by atoms with E-state index in [4.69, 9.17) is 10.1 Å². The number of piperidine rings is 1. The minimum absolute atomic E-state index is 0.0141. The molecule has 2 aliphatic heterocycles. The highest BCUT2D eigenvalue weighted by Gasteiger charge is 2.46. The van der Waals surface area contributed by atoms with Crippen LogP contribution in [0.1, 0.15) is 54.4 Å². The third-order valence-electron chi connectivity index (χ3n) is 6.09. The fourth-order valence-corrected chi connectivity index (χ4v) is 4.56. The van der Waals surface area contributed by atoms with Crippen molar-refractivity contribution in [3.8, 4) is 0 Å². The Morgan fingerprint density at radius 3 is 2.74 bits per heavy atom. The van der Waals surface area contributed by atoms with E-state index in [0.29, 0.717) is 0 Å². The van der Waals surface area contributed by atoms with Gasteiger partial charge in [-0.15, -0.1) is 0 Å². The molecular weight excluding hydrogens is 342 g/mol. The van der Waals surface area contributed by atoms with E-state index in [1.165, 1.54) is 30.4 Å². The number of aromatic carboxylic acids is 1. The molecule has 0 aliphatic carbocycles. The van der Waals surface area contributed by atoms with E-state index in [2.05, 4.69) is 26.7 Å². The van der Waals surface area contributed by atoms with E-state index in [-0.39, 0.29) is 11.1 Å². The van der Waals surface area contributed by atoms with Crippen LogP contribution in [-0.4, -0.2) is 57.1 Å². The van der Waals surface area contributed by atoms with Crippen molar-refractivity contribution in [1.29, 1.82) is 0 Å². The van der Waals surface area contributed by atoms with Gasteiger partial charge in [0.15, 0.2) is 0 Å². The Morgan fingerprint density at radius 2 is 2.07 bits per heavy atom. The number of hydrogen-bond acceptors (Lipinski definition) is 5. The van der Waals surface area contributed by atoms with Crippen LogP contribution < -0.4 is 4.90 Å². The zero-order valence-electron chi connectivity index (χ0n) is 15.8. The normalized spacial score (nSPS) is 19.2. The molecule has 4 rings (SSSR count). The number of H-pyrrole nitrogens is 1. The maximum Gasteiger partial charge on any atom is 0.337 e. The molecule has 2 aliphatic rings. The number of rotatable bonds is 5. The lowest BCUT2D eigenvalue weighted by Crippen LogP contribution is -2.56. The van der Waals surface area contributed by atoms with Gasteiger partial charge in [-0.2, -0.15) is 0 Å². The molecular formula is C20H27N5O2. The maximum atomic E-state index is 11.0. The molecule has 0 radical (unpaired) electrons. The van der Waals surface area contributed by atoms with Crippen LogP contribution in [0.25, 0.3) is 0 Å². The molecule has 2 aromatic rings. The summed E-state index contributed by atoms with van der Waals surface area (Å²) in [6, 6.07) is 3.45. The predicted octanol–water partition coefficient (Wildman–Crippen LogP) is 2.66. The summed E-state index contributed by atoms with van der Waals surface area (Å²) in [5, 5.41) is 9.06. The largest absolute Gasteiger partial charge is 0.478 e. The lowest BCUT2D eigenvalue weighted by molar-refractivity contribution is 0.0431. The van der Waals surface area contributed by atoms with Crippen LogP contribution in [-0.2, 0) is 12.0 Å². The highest BCUT2D eigenvalue weighted by Crippen LogP contribution is 2.42. The van der Waals surface area contributed by atoms with Crippen LogP contribution in [0.4, 0.5) is 5.82 Å². The van der Waals surface area contributed by atoms with Gasteiger partial charge in [-0.25, -0.2) is 14.8 Å². The number of aromatic amines is 1. The Balaban J connectivity index is 1.54. The number of unbranched alkanes of at least 4 members (excludes halogenated alkanes) is 1. The van der Waals surface area contributed by atoms with Crippen LogP contribution in [0.15, 0.2) is 24.7 Å². The highest BCUT2D eigenvalue weighted by atomic mass is 16.4. The number of fused-ring (bicyclic) bond motifs is 2. The molecule has 4 heterocycles. The number of hydrogen-bond donors (Lipinski definition) is 2.